The van der Waals surface area contributed by atoms with Crippen LogP contribution in [0, 0.1) is 6.92 Å². The summed E-state index contributed by atoms with van der Waals surface area (Å²) in [7, 11) is -2.15. The van der Waals surface area contributed by atoms with Crippen LogP contribution in [-0.4, -0.2) is 21.4 Å². The number of methoxy groups -OCH3 is 1. The predicted octanol–water partition coefficient (Wildman–Crippen LogP) is 2.76. The predicted molar refractivity (Wildman–Crippen MR) is 89.3 cm³/mol. The van der Waals surface area contributed by atoms with Gasteiger partial charge in [-0.15, -0.1) is 0 Å². The van der Waals surface area contributed by atoms with Crippen molar-refractivity contribution in [3.63, 3.8) is 0 Å². The molecule has 0 aliphatic heterocycles. The van der Waals surface area contributed by atoms with E-state index in [-0.39, 0.29) is 10.8 Å². The molecule has 0 saturated carbocycles. The van der Waals surface area contributed by atoms with Crippen LogP contribution in [0.15, 0.2) is 47.4 Å². The molecule has 0 spiro atoms. The number of aryl methyl sites for hydroxylation is 1. The fourth-order valence-corrected chi connectivity index (χ4v) is 3.13. The third-order valence-electron chi connectivity index (χ3n) is 3.16. The number of benzene rings is 2. The third kappa shape index (κ3) is 4.23. The molecule has 6 nitrogen and oxygen atoms in total. The number of nitrogens with one attached hydrogen (secondary N) is 2. The van der Waals surface area contributed by atoms with E-state index in [0.29, 0.717) is 17.1 Å². The molecule has 1 amide bonds. The lowest BCUT2D eigenvalue weighted by atomic mass is 10.2. The quantitative estimate of drug-likeness (QED) is 0.880. The molecule has 0 aliphatic carbocycles. The Balaban J connectivity index is 2.23. The Morgan fingerprint density at radius 2 is 1.74 bits per heavy atom. The molecule has 2 aromatic carbocycles. The van der Waals surface area contributed by atoms with Crippen molar-refractivity contribution in [3.05, 3.63) is 48.0 Å². The number of carbonyl (C=O) groups excluding carboxylic acids is 1. The van der Waals surface area contributed by atoms with Crippen LogP contribution < -0.4 is 14.8 Å². The molecule has 2 aromatic rings. The molecular formula is C16H18N2O4S. The first kappa shape index (κ1) is 16.8. The largest absolute Gasteiger partial charge is 0.497 e. The standard InChI is InChI=1S/C16H18N2O4S/c1-11-10-14(22-3)6-9-16(11)18-23(20,21)15-7-4-13(5-8-15)17-12(2)19/h4-10,18H,1-3H3,(H,17,19). The van der Waals surface area contributed by atoms with E-state index in [1.165, 1.54) is 31.2 Å². The average molecular weight is 334 g/mol. The Hall–Kier alpha value is -2.54. The van der Waals surface area contributed by atoms with E-state index in [9.17, 15) is 13.2 Å². The van der Waals surface area contributed by atoms with Crippen molar-refractivity contribution >= 4 is 27.3 Å². The summed E-state index contributed by atoms with van der Waals surface area (Å²) in [6.45, 7) is 3.18. The smallest absolute Gasteiger partial charge is 0.261 e. The van der Waals surface area contributed by atoms with Crippen LogP contribution in [0.25, 0.3) is 0 Å². The molecule has 0 aromatic heterocycles. The topological polar surface area (TPSA) is 84.5 Å². The number of amides is 1. The number of rotatable bonds is 5. The normalized spacial score (nSPS) is 10.9. The molecule has 0 unspecified atom stereocenters. The Morgan fingerprint density at radius 3 is 2.26 bits per heavy atom. The molecule has 7 heteroatoms. The van der Waals surface area contributed by atoms with Gasteiger partial charge in [0.05, 0.1) is 17.7 Å². The summed E-state index contributed by atoms with van der Waals surface area (Å²) in [4.78, 5) is 11.1. The zero-order valence-electron chi connectivity index (χ0n) is 13.1. The van der Waals surface area contributed by atoms with Crippen molar-refractivity contribution in [2.45, 2.75) is 18.7 Å². The van der Waals surface area contributed by atoms with Gasteiger partial charge in [-0.25, -0.2) is 8.42 Å². The second kappa shape index (κ2) is 6.70. The second-order valence-electron chi connectivity index (χ2n) is 4.99. The fourth-order valence-electron chi connectivity index (χ4n) is 2.00. The van der Waals surface area contributed by atoms with E-state index in [0.717, 1.165) is 5.56 Å². The fraction of sp³-hybridized carbons (Fsp3) is 0.188. The highest BCUT2D eigenvalue weighted by Crippen LogP contribution is 2.24. The summed E-state index contributed by atoms with van der Waals surface area (Å²) in [5.74, 6) is 0.442. The summed E-state index contributed by atoms with van der Waals surface area (Å²) in [5.41, 5.74) is 1.77. The zero-order chi connectivity index (χ0) is 17.0. The molecule has 23 heavy (non-hydrogen) atoms. The zero-order valence-corrected chi connectivity index (χ0v) is 13.9. The van der Waals surface area contributed by atoms with Gasteiger partial charge in [0.2, 0.25) is 5.91 Å². The van der Waals surface area contributed by atoms with Crippen LogP contribution in [-0.2, 0) is 14.8 Å². The van der Waals surface area contributed by atoms with Crippen LogP contribution in [0.1, 0.15) is 12.5 Å². The summed E-state index contributed by atoms with van der Waals surface area (Å²) in [6.07, 6.45) is 0. The highest BCUT2D eigenvalue weighted by molar-refractivity contribution is 7.92. The number of hydrogen-bond donors (Lipinski definition) is 2. The van der Waals surface area contributed by atoms with Crippen LogP contribution in [0.5, 0.6) is 5.75 Å². The Bertz CT molecular complexity index is 814. The van der Waals surface area contributed by atoms with Crippen LogP contribution in [0.2, 0.25) is 0 Å². The first-order valence-corrected chi connectivity index (χ1v) is 8.35. The van der Waals surface area contributed by atoms with Crippen molar-refractivity contribution < 1.29 is 17.9 Å². The van der Waals surface area contributed by atoms with Gasteiger partial charge in [0.15, 0.2) is 0 Å². The van der Waals surface area contributed by atoms with Crippen molar-refractivity contribution in [1.29, 1.82) is 0 Å². The van der Waals surface area contributed by atoms with Gasteiger partial charge in [-0.2, -0.15) is 0 Å². The van der Waals surface area contributed by atoms with Gasteiger partial charge >= 0.3 is 0 Å². The third-order valence-corrected chi connectivity index (χ3v) is 4.54. The van der Waals surface area contributed by atoms with E-state index < -0.39 is 10.0 Å². The maximum atomic E-state index is 12.4. The summed E-state index contributed by atoms with van der Waals surface area (Å²) >= 11 is 0. The Morgan fingerprint density at radius 1 is 1.09 bits per heavy atom. The number of hydrogen-bond acceptors (Lipinski definition) is 4. The van der Waals surface area contributed by atoms with Crippen molar-refractivity contribution in [2.75, 3.05) is 17.1 Å². The average Bonchev–Trinajstić information content (AvgIpc) is 2.49. The van der Waals surface area contributed by atoms with Gasteiger partial charge in [-0.1, -0.05) is 0 Å². The molecule has 0 bridgehead atoms. The Kier molecular flexibility index (Phi) is 4.90. The maximum absolute atomic E-state index is 12.4. The van der Waals surface area contributed by atoms with E-state index in [1.807, 2.05) is 0 Å². The van der Waals surface area contributed by atoms with Crippen LogP contribution >= 0.6 is 0 Å². The lowest BCUT2D eigenvalue weighted by Crippen LogP contribution is -2.14. The van der Waals surface area contributed by atoms with Gasteiger partial charge in [0, 0.05) is 12.6 Å². The highest BCUT2D eigenvalue weighted by atomic mass is 32.2. The van der Waals surface area contributed by atoms with E-state index in [1.54, 1.807) is 32.2 Å². The highest BCUT2D eigenvalue weighted by Gasteiger charge is 2.15. The van der Waals surface area contributed by atoms with Gasteiger partial charge in [0.1, 0.15) is 5.75 Å². The first-order valence-electron chi connectivity index (χ1n) is 6.87. The summed E-state index contributed by atoms with van der Waals surface area (Å²) in [6, 6.07) is 11.0. The molecular weight excluding hydrogens is 316 g/mol. The van der Waals surface area contributed by atoms with E-state index in [4.69, 9.17) is 4.74 Å². The minimum atomic E-state index is -3.70. The molecule has 0 heterocycles. The van der Waals surface area contributed by atoms with Gasteiger partial charge in [-0.05, 0) is 55.0 Å². The van der Waals surface area contributed by atoms with Crippen molar-refractivity contribution in [1.82, 2.24) is 0 Å². The second-order valence-corrected chi connectivity index (χ2v) is 6.67. The SMILES string of the molecule is COc1ccc(NS(=O)(=O)c2ccc(NC(C)=O)cc2)c(C)c1. The first-order chi connectivity index (χ1) is 10.8. The molecule has 0 aliphatic rings. The molecule has 2 rings (SSSR count). The van der Waals surface area contributed by atoms with Gasteiger partial charge in [0.25, 0.3) is 10.0 Å². The number of ether oxygens (including phenoxy) is 1. The van der Waals surface area contributed by atoms with Crippen molar-refractivity contribution in [2.24, 2.45) is 0 Å². The minimum absolute atomic E-state index is 0.113. The number of carbonyl (C=O) groups is 1. The lowest BCUT2D eigenvalue weighted by Gasteiger charge is -2.12. The summed E-state index contributed by atoms with van der Waals surface area (Å²) in [5, 5.41) is 2.59. The van der Waals surface area contributed by atoms with Gasteiger partial charge < -0.3 is 10.1 Å². The monoisotopic (exact) mass is 334 g/mol. The van der Waals surface area contributed by atoms with Crippen LogP contribution in [0.4, 0.5) is 11.4 Å². The van der Waals surface area contributed by atoms with Crippen LogP contribution in [0.3, 0.4) is 0 Å². The molecule has 0 atom stereocenters. The number of anilines is 2. The molecule has 2 N–H and O–H groups in total. The maximum Gasteiger partial charge on any atom is 0.261 e. The summed E-state index contributed by atoms with van der Waals surface area (Å²) < 4.78 is 32.5. The minimum Gasteiger partial charge on any atom is -0.497 e. The lowest BCUT2D eigenvalue weighted by molar-refractivity contribution is -0.114. The van der Waals surface area contributed by atoms with Crippen molar-refractivity contribution in [3.8, 4) is 5.75 Å². The number of sulfonamides is 1. The molecule has 0 saturated heterocycles. The van der Waals surface area contributed by atoms with Gasteiger partial charge in [-0.3, -0.25) is 9.52 Å². The molecule has 0 fully saturated rings. The van der Waals surface area contributed by atoms with E-state index >= 15 is 0 Å². The Labute approximate surface area is 135 Å². The molecule has 122 valence electrons. The van der Waals surface area contributed by atoms with E-state index in [2.05, 4.69) is 10.0 Å². The molecule has 0 radical (unpaired) electrons.